The van der Waals surface area contributed by atoms with Crippen molar-refractivity contribution in [3.05, 3.63) is 64.7 Å². The summed E-state index contributed by atoms with van der Waals surface area (Å²) in [6, 6.07) is 12.3. The van der Waals surface area contributed by atoms with Crippen LogP contribution in [0.15, 0.2) is 48.5 Å². The van der Waals surface area contributed by atoms with Crippen molar-refractivity contribution in [3.63, 3.8) is 0 Å². The Balaban J connectivity index is 1.60. The normalized spacial score (nSPS) is 18.3. The smallest absolute Gasteiger partial charge is 0.326 e. The summed E-state index contributed by atoms with van der Waals surface area (Å²) in [5.41, 5.74) is 0.510. The van der Waals surface area contributed by atoms with E-state index in [0.29, 0.717) is 18.1 Å². The quantitative estimate of drug-likeness (QED) is 0.769. The molecule has 1 aliphatic heterocycles. The highest BCUT2D eigenvalue weighted by Crippen LogP contribution is 2.31. The van der Waals surface area contributed by atoms with E-state index in [1.807, 2.05) is 24.3 Å². The number of rotatable bonds is 4. The molecule has 3 rings (SSSR count). The van der Waals surface area contributed by atoms with Gasteiger partial charge in [0.2, 0.25) is 5.91 Å². The van der Waals surface area contributed by atoms with E-state index in [1.165, 1.54) is 12.1 Å². The second-order valence-corrected chi connectivity index (χ2v) is 7.20. The van der Waals surface area contributed by atoms with Crippen molar-refractivity contribution in [2.75, 3.05) is 18.4 Å². The molecule has 1 saturated heterocycles. The summed E-state index contributed by atoms with van der Waals surface area (Å²) in [6.45, 7) is 2.17. The average Bonchev–Trinajstić information content (AvgIpc) is 2.63. The van der Waals surface area contributed by atoms with Gasteiger partial charge in [-0.3, -0.25) is 9.69 Å². The first-order valence-corrected chi connectivity index (χ1v) is 9.14. The molecule has 1 amide bonds. The molecule has 1 heterocycles. The Morgan fingerprint density at radius 2 is 1.93 bits per heavy atom. The Kier molecular flexibility index (Phi) is 6.07. The summed E-state index contributed by atoms with van der Waals surface area (Å²) in [5.74, 6) is -0.490. The maximum Gasteiger partial charge on any atom is 0.416 e. The topological polar surface area (TPSA) is 32.3 Å². The van der Waals surface area contributed by atoms with Gasteiger partial charge in [0.1, 0.15) is 0 Å². The Morgan fingerprint density at radius 3 is 2.63 bits per heavy atom. The minimum Gasteiger partial charge on any atom is -0.326 e. The van der Waals surface area contributed by atoms with Gasteiger partial charge in [-0.15, -0.1) is 0 Å². The summed E-state index contributed by atoms with van der Waals surface area (Å²) >= 11 is 5.90. The molecule has 1 N–H and O–H groups in total. The zero-order valence-corrected chi connectivity index (χ0v) is 15.4. The molecule has 144 valence electrons. The highest BCUT2D eigenvalue weighted by molar-refractivity contribution is 6.30. The van der Waals surface area contributed by atoms with Gasteiger partial charge in [0.15, 0.2) is 0 Å². The first-order valence-electron chi connectivity index (χ1n) is 8.76. The molecule has 1 fully saturated rings. The molecule has 0 saturated carbocycles. The number of carbonyl (C=O) groups is 1. The Labute approximate surface area is 161 Å². The first kappa shape index (κ1) is 19.7. The van der Waals surface area contributed by atoms with Crippen LogP contribution in [-0.2, 0) is 17.5 Å². The molecule has 0 bridgehead atoms. The van der Waals surface area contributed by atoms with Crippen molar-refractivity contribution >= 4 is 23.2 Å². The lowest BCUT2D eigenvalue weighted by molar-refractivity contribution is -0.137. The number of carbonyl (C=O) groups excluding carboxylic acids is 1. The zero-order chi connectivity index (χ0) is 19.4. The molecule has 1 atom stereocenters. The van der Waals surface area contributed by atoms with E-state index in [4.69, 9.17) is 11.6 Å². The van der Waals surface area contributed by atoms with E-state index in [-0.39, 0.29) is 17.5 Å². The lowest BCUT2D eigenvalue weighted by atomic mass is 9.96. The number of benzene rings is 2. The van der Waals surface area contributed by atoms with Gasteiger partial charge in [-0.25, -0.2) is 0 Å². The fourth-order valence-electron chi connectivity index (χ4n) is 3.28. The van der Waals surface area contributed by atoms with Crippen LogP contribution in [0.3, 0.4) is 0 Å². The summed E-state index contributed by atoms with van der Waals surface area (Å²) in [6.07, 6.45) is -2.84. The molecule has 7 heteroatoms. The lowest BCUT2D eigenvalue weighted by Gasteiger charge is -2.32. The standard InChI is InChI=1S/C20H20ClF3N2O/c21-17-8-6-14(7-9-17)12-26-10-2-3-15(13-26)19(27)25-18-5-1-4-16(11-18)20(22,23)24/h1,4-9,11,15H,2-3,10,12-13H2,(H,25,27)/t15-/m1/s1. The predicted octanol–water partition coefficient (Wildman–Crippen LogP) is 5.21. The highest BCUT2D eigenvalue weighted by atomic mass is 35.5. The number of hydrogen-bond donors (Lipinski definition) is 1. The second-order valence-electron chi connectivity index (χ2n) is 6.77. The van der Waals surface area contributed by atoms with Gasteiger partial charge in [-0.2, -0.15) is 13.2 Å². The van der Waals surface area contributed by atoms with Crippen LogP contribution in [0, 0.1) is 5.92 Å². The van der Waals surface area contributed by atoms with Gasteiger partial charge < -0.3 is 5.32 Å². The number of piperidine rings is 1. The molecule has 0 aromatic heterocycles. The van der Waals surface area contributed by atoms with Crippen LogP contribution >= 0.6 is 11.6 Å². The van der Waals surface area contributed by atoms with Crippen LogP contribution in [0.4, 0.5) is 18.9 Å². The van der Waals surface area contributed by atoms with Gasteiger partial charge in [-0.1, -0.05) is 29.8 Å². The highest BCUT2D eigenvalue weighted by Gasteiger charge is 2.31. The number of alkyl halides is 3. The number of anilines is 1. The summed E-state index contributed by atoms with van der Waals surface area (Å²) in [7, 11) is 0. The number of hydrogen-bond acceptors (Lipinski definition) is 2. The SMILES string of the molecule is O=C(Nc1cccc(C(F)(F)F)c1)[C@@H]1CCCN(Cc2ccc(Cl)cc2)C1. The van der Waals surface area contributed by atoms with Crippen molar-refractivity contribution in [2.24, 2.45) is 5.92 Å². The third-order valence-electron chi connectivity index (χ3n) is 4.65. The fraction of sp³-hybridized carbons (Fsp3) is 0.350. The van der Waals surface area contributed by atoms with Crippen molar-refractivity contribution in [3.8, 4) is 0 Å². The molecule has 0 radical (unpaired) electrons. The molecule has 1 aliphatic rings. The molecule has 27 heavy (non-hydrogen) atoms. The Morgan fingerprint density at radius 1 is 1.19 bits per heavy atom. The van der Waals surface area contributed by atoms with Crippen molar-refractivity contribution in [2.45, 2.75) is 25.6 Å². The van der Waals surface area contributed by atoms with E-state index < -0.39 is 11.7 Å². The van der Waals surface area contributed by atoms with Gasteiger partial charge in [0.05, 0.1) is 11.5 Å². The largest absolute Gasteiger partial charge is 0.416 e. The minimum absolute atomic E-state index is 0.171. The molecular formula is C20H20ClF3N2O. The monoisotopic (exact) mass is 396 g/mol. The minimum atomic E-state index is -4.43. The van der Waals surface area contributed by atoms with E-state index in [2.05, 4.69) is 10.2 Å². The number of amides is 1. The molecule has 0 spiro atoms. The van der Waals surface area contributed by atoms with Gasteiger partial charge in [-0.05, 0) is 55.3 Å². The van der Waals surface area contributed by atoms with Crippen molar-refractivity contribution in [1.29, 1.82) is 0 Å². The maximum absolute atomic E-state index is 12.8. The van der Waals surface area contributed by atoms with E-state index in [0.717, 1.165) is 37.1 Å². The van der Waals surface area contributed by atoms with Crippen LogP contribution < -0.4 is 5.32 Å². The summed E-state index contributed by atoms with van der Waals surface area (Å²) in [4.78, 5) is 14.7. The van der Waals surface area contributed by atoms with E-state index in [9.17, 15) is 18.0 Å². The van der Waals surface area contributed by atoms with Crippen molar-refractivity contribution in [1.82, 2.24) is 4.90 Å². The number of halogens is 4. The predicted molar refractivity (Wildman–Crippen MR) is 99.5 cm³/mol. The van der Waals surface area contributed by atoms with Crippen LogP contribution in [0.25, 0.3) is 0 Å². The van der Waals surface area contributed by atoms with Crippen molar-refractivity contribution < 1.29 is 18.0 Å². The van der Waals surface area contributed by atoms with E-state index >= 15 is 0 Å². The van der Waals surface area contributed by atoms with Crippen LogP contribution in [0.2, 0.25) is 5.02 Å². The zero-order valence-electron chi connectivity index (χ0n) is 14.6. The molecule has 3 nitrogen and oxygen atoms in total. The second kappa shape index (κ2) is 8.31. The Hall–Kier alpha value is -2.05. The summed E-state index contributed by atoms with van der Waals surface area (Å²) < 4.78 is 38.4. The lowest BCUT2D eigenvalue weighted by Crippen LogP contribution is -2.40. The molecule has 0 aliphatic carbocycles. The Bertz CT molecular complexity index is 793. The number of nitrogens with zero attached hydrogens (tertiary/aromatic N) is 1. The van der Waals surface area contributed by atoms with E-state index in [1.54, 1.807) is 0 Å². The third-order valence-corrected chi connectivity index (χ3v) is 4.91. The third kappa shape index (κ3) is 5.47. The number of nitrogens with one attached hydrogen (secondary N) is 1. The average molecular weight is 397 g/mol. The molecule has 2 aromatic rings. The van der Waals surface area contributed by atoms with Crippen LogP contribution in [0.1, 0.15) is 24.0 Å². The summed E-state index contributed by atoms with van der Waals surface area (Å²) in [5, 5.41) is 3.31. The molecule has 2 aromatic carbocycles. The number of likely N-dealkylation sites (tertiary alicyclic amines) is 1. The van der Waals surface area contributed by atoms with Crippen LogP contribution in [0.5, 0.6) is 0 Å². The van der Waals surface area contributed by atoms with Gasteiger partial charge in [0.25, 0.3) is 0 Å². The van der Waals surface area contributed by atoms with Crippen LogP contribution in [-0.4, -0.2) is 23.9 Å². The molecular weight excluding hydrogens is 377 g/mol. The molecule has 0 unspecified atom stereocenters. The van der Waals surface area contributed by atoms with Gasteiger partial charge in [0, 0.05) is 23.8 Å². The first-order chi connectivity index (χ1) is 12.8. The van der Waals surface area contributed by atoms with Gasteiger partial charge >= 0.3 is 6.18 Å². The fourth-order valence-corrected chi connectivity index (χ4v) is 3.40. The maximum atomic E-state index is 12.8.